The molecule has 5 heteroatoms. The van der Waals surface area contributed by atoms with E-state index in [1.54, 1.807) is 6.07 Å². The van der Waals surface area contributed by atoms with Gasteiger partial charge in [0, 0.05) is 11.1 Å². The summed E-state index contributed by atoms with van der Waals surface area (Å²) in [6.07, 6.45) is 0.674. The van der Waals surface area contributed by atoms with E-state index >= 15 is 0 Å². The molecule has 2 rings (SSSR count). The van der Waals surface area contributed by atoms with Crippen LogP contribution in [0, 0.1) is 12.8 Å². The van der Waals surface area contributed by atoms with Crippen molar-refractivity contribution < 1.29 is 14.7 Å². The maximum Gasteiger partial charge on any atom is 0.326 e. The molecule has 22 heavy (non-hydrogen) atoms. The molecular formula is C17H20N2O3. The molecule has 0 radical (unpaired) electrons. The number of fused-ring (bicyclic) bond motifs is 1. The van der Waals surface area contributed by atoms with Crippen LogP contribution in [-0.2, 0) is 4.79 Å². The topological polar surface area (TPSA) is 79.3 Å². The van der Waals surface area contributed by atoms with Crippen LogP contribution in [0.3, 0.4) is 0 Å². The van der Waals surface area contributed by atoms with Crippen molar-refractivity contribution >= 4 is 22.8 Å². The van der Waals surface area contributed by atoms with E-state index < -0.39 is 12.0 Å². The Kier molecular flexibility index (Phi) is 4.75. The van der Waals surface area contributed by atoms with Gasteiger partial charge in [-0.05, 0) is 25.0 Å². The lowest BCUT2D eigenvalue weighted by atomic mass is 9.98. The fourth-order valence-corrected chi connectivity index (χ4v) is 2.40. The highest BCUT2D eigenvalue weighted by Gasteiger charge is 2.26. The number of hydrogen-bond donors (Lipinski definition) is 2. The van der Waals surface area contributed by atoms with Crippen LogP contribution in [0.4, 0.5) is 0 Å². The minimum absolute atomic E-state index is 0.143. The van der Waals surface area contributed by atoms with Crippen LogP contribution < -0.4 is 5.32 Å². The zero-order chi connectivity index (χ0) is 16.3. The fraction of sp³-hybridized carbons (Fsp3) is 0.353. The normalized spacial score (nSPS) is 13.6. The number of pyridine rings is 1. The van der Waals surface area contributed by atoms with Crippen molar-refractivity contribution in [1.29, 1.82) is 0 Å². The van der Waals surface area contributed by atoms with Crippen molar-refractivity contribution in [2.24, 2.45) is 5.92 Å². The third-order valence-electron chi connectivity index (χ3n) is 3.85. The zero-order valence-corrected chi connectivity index (χ0v) is 13.0. The summed E-state index contributed by atoms with van der Waals surface area (Å²) < 4.78 is 0. The summed E-state index contributed by atoms with van der Waals surface area (Å²) in [6.45, 7) is 5.53. The Bertz CT molecular complexity index is 712. The van der Waals surface area contributed by atoms with E-state index in [0.29, 0.717) is 12.0 Å². The predicted octanol–water partition coefficient (Wildman–Crippen LogP) is 2.77. The number of carboxylic acid groups (broad SMARTS) is 1. The summed E-state index contributed by atoms with van der Waals surface area (Å²) in [4.78, 5) is 28.3. The quantitative estimate of drug-likeness (QED) is 0.890. The van der Waals surface area contributed by atoms with Gasteiger partial charge in [0.05, 0.1) is 11.1 Å². The van der Waals surface area contributed by atoms with Crippen molar-refractivity contribution in [1.82, 2.24) is 10.3 Å². The maximum atomic E-state index is 12.5. The second-order valence-electron chi connectivity index (χ2n) is 5.50. The van der Waals surface area contributed by atoms with Gasteiger partial charge in [-0.15, -0.1) is 0 Å². The van der Waals surface area contributed by atoms with Crippen LogP contribution in [0.25, 0.3) is 10.9 Å². The number of amides is 1. The van der Waals surface area contributed by atoms with Gasteiger partial charge in [0.2, 0.25) is 0 Å². The summed E-state index contributed by atoms with van der Waals surface area (Å²) in [5, 5.41) is 12.7. The van der Waals surface area contributed by atoms with Crippen LogP contribution in [0.5, 0.6) is 0 Å². The fourth-order valence-electron chi connectivity index (χ4n) is 2.40. The molecule has 0 aliphatic rings. The molecule has 0 saturated heterocycles. The molecule has 0 aliphatic heterocycles. The third-order valence-corrected chi connectivity index (χ3v) is 3.85. The molecule has 1 aromatic heterocycles. The average Bonchev–Trinajstić information content (AvgIpc) is 2.50. The second-order valence-corrected chi connectivity index (χ2v) is 5.50. The Morgan fingerprint density at radius 1 is 1.32 bits per heavy atom. The lowest BCUT2D eigenvalue weighted by Crippen LogP contribution is -2.45. The second kappa shape index (κ2) is 6.56. The van der Waals surface area contributed by atoms with Gasteiger partial charge in [-0.25, -0.2) is 4.79 Å². The van der Waals surface area contributed by atoms with E-state index in [0.717, 1.165) is 16.6 Å². The molecule has 1 aromatic carbocycles. The number of rotatable bonds is 5. The number of carbonyl (C=O) groups is 2. The molecule has 0 aliphatic carbocycles. The number of carboxylic acids is 1. The van der Waals surface area contributed by atoms with Gasteiger partial charge in [-0.3, -0.25) is 9.78 Å². The molecule has 116 valence electrons. The first-order valence-electron chi connectivity index (χ1n) is 7.34. The largest absolute Gasteiger partial charge is 0.480 e. The molecular weight excluding hydrogens is 280 g/mol. The summed E-state index contributed by atoms with van der Waals surface area (Å²) in [5.74, 6) is -1.54. The van der Waals surface area contributed by atoms with Gasteiger partial charge in [0.15, 0.2) is 0 Å². The Morgan fingerprint density at radius 2 is 2.00 bits per heavy atom. The summed E-state index contributed by atoms with van der Waals surface area (Å²) in [7, 11) is 0. The number of benzene rings is 1. The van der Waals surface area contributed by atoms with E-state index in [2.05, 4.69) is 10.3 Å². The van der Waals surface area contributed by atoms with Crippen LogP contribution in [0.1, 0.15) is 36.3 Å². The third kappa shape index (κ3) is 3.24. The molecule has 2 aromatic rings. The monoisotopic (exact) mass is 300 g/mol. The highest BCUT2D eigenvalue weighted by atomic mass is 16.4. The molecule has 1 amide bonds. The number of nitrogens with zero attached hydrogens (tertiary/aromatic N) is 1. The average molecular weight is 300 g/mol. The summed E-state index contributed by atoms with van der Waals surface area (Å²) >= 11 is 0. The SMILES string of the molecule is CCC(C)C(NC(=O)c1cc(C)nc2ccccc12)C(=O)O. The Hall–Kier alpha value is -2.43. The Morgan fingerprint density at radius 3 is 2.64 bits per heavy atom. The van der Waals surface area contributed by atoms with Gasteiger partial charge in [-0.1, -0.05) is 38.5 Å². The number of aryl methyl sites for hydroxylation is 1. The van der Waals surface area contributed by atoms with Crippen LogP contribution in [0.2, 0.25) is 0 Å². The molecule has 2 unspecified atom stereocenters. The molecule has 0 saturated carbocycles. The first kappa shape index (κ1) is 15.9. The highest BCUT2D eigenvalue weighted by Crippen LogP contribution is 2.19. The number of aliphatic carboxylic acids is 1. The Balaban J connectivity index is 2.39. The first-order valence-corrected chi connectivity index (χ1v) is 7.34. The summed E-state index contributed by atoms with van der Waals surface area (Å²) in [6, 6.07) is 8.13. The van der Waals surface area contributed by atoms with E-state index in [4.69, 9.17) is 0 Å². The van der Waals surface area contributed by atoms with Gasteiger partial charge >= 0.3 is 5.97 Å². The van der Waals surface area contributed by atoms with E-state index in [-0.39, 0.29) is 11.8 Å². The van der Waals surface area contributed by atoms with Crippen LogP contribution in [0.15, 0.2) is 30.3 Å². The lowest BCUT2D eigenvalue weighted by molar-refractivity contribution is -0.140. The standard InChI is InChI=1S/C17H20N2O3/c1-4-10(2)15(17(21)22)19-16(20)13-9-11(3)18-14-8-6-5-7-12(13)14/h5-10,15H,4H2,1-3H3,(H,19,20)(H,21,22). The smallest absolute Gasteiger partial charge is 0.326 e. The van der Waals surface area contributed by atoms with Gasteiger partial charge in [0.25, 0.3) is 5.91 Å². The number of carbonyl (C=O) groups excluding carboxylic acids is 1. The number of hydrogen-bond acceptors (Lipinski definition) is 3. The van der Waals surface area contributed by atoms with Gasteiger partial charge in [-0.2, -0.15) is 0 Å². The minimum Gasteiger partial charge on any atom is -0.480 e. The van der Waals surface area contributed by atoms with E-state index in [1.807, 2.05) is 45.0 Å². The molecule has 0 bridgehead atoms. The number of nitrogens with one attached hydrogen (secondary N) is 1. The van der Waals surface area contributed by atoms with Crippen LogP contribution in [-0.4, -0.2) is 28.0 Å². The maximum absolute atomic E-state index is 12.5. The highest BCUT2D eigenvalue weighted by molar-refractivity contribution is 6.07. The zero-order valence-electron chi connectivity index (χ0n) is 13.0. The lowest BCUT2D eigenvalue weighted by Gasteiger charge is -2.20. The van der Waals surface area contributed by atoms with Crippen molar-refractivity contribution in [3.63, 3.8) is 0 Å². The molecule has 2 atom stereocenters. The summed E-state index contributed by atoms with van der Waals surface area (Å²) in [5.41, 5.74) is 1.90. The van der Waals surface area contributed by atoms with E-state index in [9.17, 15) is 14.7 Å². The van der Waals surface area contributed by atoms with Crippen molar-refractivity contribution in [3.8, 4) is 0 Å². The number of para-hydroxylation sites is 1. The van der Waals surface area contributed by atoms with Gasteiger partial charge in [0.1, 0.15) is 6.04 Å². The van der Waals surface area contributed by atoms with Gasteiger partial charge < -0.3 is 10.4 Å². The van der Waals surface area contributed by atoms with Crippen molar-refractivity contribution in [3.05, 3.63) is 41.6 Å². The van der Waals surface area contributed by atoms with Crippen molar-refractivity contribution in [2.75, 3.05) is 0 Å². The predicted molar refractivity (Wildman–Crippen MR) is 84.8 cm³/mol. The van der Waals surface area contributed by atoms with Crippen LogP contribution >= 0.6 is 0 Å². The minimum atomic E-state index is -1.02. The Labute approximate surface area is 129 Å². The molecule has 1 heterocycles. The molecule has 0 spiro atoms. The van der Waals surface area contributed by atoms with E-state index in [1.165, 1.54) is 0 Å². The number of aromatic nitrogens is 1. The van der Waals surface area contributed by atoms with Crippen molar-refractivity contribution in [2.45, 2.75) is 33.2 Å². The molecule has 5 nitrogen and oxygen atoms in total. The first-order chi connectivity index (χ1) is 10.4. The molecule has 0 fully saturated rings. The molecule has 2 N–H and O–H groups in total.